The Morgan fingerprint density at radius 1 is 1.35 bits per heavy atom. The van der Waals surface area contributed by atoms with E-state index in [-0.39, 0.29) is 5.82 Å². The van der Waals surface area contributed by atoms with Crippen molar-refractivity contribution in [2.24, 2.45) is 5.92 Å². The molecule has 126 valence electrons. The Labute approximate surface area is 132 Å². The molecular weight excluding hydrogens is 307 g/mol. The number of benzene rings is 1. The summed E-state index contributed by atoms with van der Waals surface area (Å²) in [6.45, 7) is 3.32. The fourth-order valence-electron chi connectivity index (χ4n) is 2.97. The van der Waals surface area contributed by atoms with Gasteiger partial charge < -0.3 is 4.74 Å². The second-order valence-corrected chi connectivity index (χ2v) is 6.10. The van der Waals surface area contributed by atoms with Gasteiger partial charge in [0.05, 0.1) is 29.7 Å². The lowest BCUT2D eigenvalue weighted by Gasteiger charge is -2.35. The number of alkyl halides is 2. The summed E-state index contributed by atoms with van der Waals surface area (Å²) in [7, 11) is 0. The quantitative estimate of drug-likeness (QED) is 0.914. The zero-order valence-corrected chi connectivity index (χ0v) is 12.9. The summed E-state index contributed by atoms with van der Waals surface area (Å²) in [6, 6.07) is 2.37. The molecule has 1 saturated heterocycles. The number of aromatic nitrogens is 2. The number of hydrogen-bond donors (Lipinski definition) is 1. The summed E-state index contributed by atoms with van der Waals surface area (Å²) in [5, 5.41) is 6.96. The molecule has 23 heavy (non-hydrogen) atoms. The van der Waals surface area contributed by atoms with Crippen molar-refractivity contribution in [3.8, 4) is 5.75 Å². The maximum absolute atomic E-state index is 13.8. The predicted molar refractivity (Wildman–Crippen MR) is 81.3 cm³/mol. The molecule has 0 bridgehead atoms. The summed E-state index contributed by atoms with van der Waals surface area (Å²) < 4.78 is 45.0. The van der Waals surface area contributed by atoms with Gasteiger partial charge in [0.15, 0.2) is 0 Å². The van der Waals surface area contributed by atoms with Gasteiger partial charge in [0.1, 0.15) is 11.6 Å². The maximum Gasteiger partial charge on any atom is 0.253 e. The molecule has 1 aromatic carbocycles. The molecule has 1 unspecified atom stereocenters. The first-order valence-corrected chi connectivity index (χ1v) is 7.82. The molecule has 0 saturated carbocycles. The van der Waals surface area contributed by atoms with Crippen molar-refractivity contribution in [1.29, 1.82) is 0 Å². The van der Waals surface area contributed by atoms with Gasteiger partial charge in [0.2, 0.25) is 0 Å². The average Bonchev–Trinajstić information content (AvgIpc) is 3.02. The fourth-order valence-corrected chi connectivity index (χ4v) is 2.97. The number of piperidine rings is 1. The van der Waals surface area contributed by atoms with Gasteiger partial charge in [-0.3, -0.25) is 10.00 Å². The second kappa shape index (κ2) is 6.78. The summed E-state index contributed by atoms with van der Waals surface area (Å²) >= 11 is 0. The van der Waals surface area contributed by atoms with Gasteiger partial charge >= 0.3 is 0 Å². The van der Waals surface area contributed by atoms with Gasteiger partial charge in [0.25, 0.3) is 6.43 Å². The Kier molecular flexibility index (Phi) is 4.75. The van der Waals surface area contributed by atoms with Crippen molar-refractivity contribution in [1.82, 2.24) is 15.1 Å². The highest BCUT2D eigenvalue weighted by molar-refractivity contribution is 5.80. The third kappa shape index (κ3) is 3.60. The SMILES string of the molecule is CC(C(F)F)N1CCC(COc2cc(F)c3cn[nH]c3c2)CC1. The second-order valence-electron chi connectivity index (χ2n) is 6.10. The standard InChI is InChI=1S/C16H20F3N3O/c1-10(16(18)19)22-4-2-11(3-5-22)9-23-12-6-14(17)13-8-20-21-15(13)7-12/h6-8,10-11,16H,2-5,9H2,1H3,(H,20,21). The number of ether oxygens (including phenoxy) is 1. The van der Waals surface area contributed by atoms with Gasteiger partial charge in [-0.2, -0.15) is 5.10 Å². The number of H-pyrrole nitrogens is 1. The van der Waals surface area contributed by atoms with Crippen LogP contribution in [0, 0.1) is 11.7 Å². The summed E-state index contributed by atoms with van der Waals surface area (Å²) in [5.74, 6) is 0.395. The molecule has 2 heterocycles. The minimum Gasteiger partial charge on any atom is -0.493 e. The molecule has 0 aliphatic carbocycles. The third-order valence-electron chi connectivity index (χ3n) is 4.56. The largest absolute Gasteiger partial charge is 0.493 e. The van der Waals surface area contributed by atoms with Crippen LogP contribution in [-0.4, -0.2) is 47.3 Å². The van der Waals surface area contributed by atoms with Gasteiger partial charge in [-0.25, -0.2) is 13.2 Å². The predicted octanol–water partition coefficient (Wildman–Crippen LogP) is 3.45. The lowest BCUT2D eigenvalue weighted by atomic mass is 9.97. The van der Waals surface area contributed by atoms with E-state index in [0.717, 1.165) is 12.8 Å². The van der Waals surface area contributed by atoms with Crippen molar-refractivity contribution in [3.05, 3.63) is 24.1 Å². The Bertz CT molecular complexity index is 653. The van der Waals surface area contributed by atoms with Gasteiger partial charge in [-0.15, -0.1) is 0 Å². The molecule has 1 aliphatic heterocycles. The van der Waals surface area contributed by atoms with Crippen LogP contribution in [0.2, 0.25) is 0 Å². The van der Waals surface area contributed by atoms with Crippen LogP contribution in [0.25, 0.3) is 10.9 Å². The lowest BCUT2D eigenvalue weighted by molar-refractivity contribution is 0.0133. The summed E-state index contributed by atoms with van der Waals surface area (Å²) in [5.41, 5.74) is 0.598. The molecule has 1 atom stereocenters. The molecule has 1 aromatic heterocycles. The number of fused-ring (bicyclic) bond motifs is 1. The third-order valence-corrected chi connectivity index (χ3v) is 4.56. The monoisotopic (exact) mass is 327 g/mol. The number of aromatic amines is 1. The molecule has 0 amide bonds. The van der Waals surface area contributed by atoms with E-state index in [1.54, 1.807) is 13.0 Å². The lowest BCUT2D eigenvalue weighted by Crippen LogP contribution is -2.44. The van der Waals surface area contributed by atoms with Crippen LogP contribution < -0.4 is 4.74 Å². The van der Waals surface area contributed by atoms with E-state index in [1.807, 2.05) is 4.90 Å². The number of likely N-dealkylation sites (tertiary alicyclic amines) is 1. The van der Waals surface area contributed by atoms with E-state index in [4.69, 9.17) is 4.74 Å². The topological polar surface area (TPSA) is 41.1 Å². The number of rotatable bonds is 5. The van der Waals surface area contributed by atoms with Crippen molar-refractivity contribution in [2.75, 3.05) is 19.7 Å². The van der Waals surface area contributed by atoms with E-state index in [2.05, 4.69) is 10.2 Å². The Morgan fingerprint density at radius 3 is 2.78 bits per heavy atom. The van der Waals surface area contributed by atoms with Crippen LogP contribution in [0.1, 0.15) is 19.8 Å². The number of nitrogens with one attached hydrogen (secondary N) is 1. The number of halogens is 3. The van der Waals surface area contributed by atoms with Crippen LogP contribution >= 0.6 is 0 Å². The van der Waals surface area contributed by atoms with Crippen molar-refractivity contribution >= 4 is 10.9 Å². The molecule has 0 radical (unpaired) electrons. The van der Waals surface area contributed by atoms with E-state index in [9.17, 15) is 13.2 Å². The Balaban J connectivity index is 1.53. The van der Waals surface area contributed by atoms with Crippen molar-refractivity contribution < 1.29 is 17.9 Å². The highest BCUT2D eigenvalue weighted by Gasteiger charge is 2.27. The Morgan fingerprint density at radius 2 is 2.09 bits per heavy atom. The molecule has 3 rings (SSSR count). The van der Waals surface area contributed by atoms with Gasteiger partial charge in [-0.05, 0) is 38.8 Å². The molecule has 1 fully saturated rings. The zero-order valence-electron chi connectivity index (χ0n) is 12.9. The van der Waals surface area contributed by atoms with E-state index >= 15 is 0 Å². The minimum absolute atomic E-state index is 0.302. The fraction of sp³-hybridized carbons (Fsp3) is 0.562. The van der Waals surface area contributed by atoms with Crippen LogP contribution in [0.4, 0.5) is 13.2 Å². The first-order chi connectivity index (χ1) is 11.0. The number of nitrogens with zero attached hydrogens (tertiary/aromatic N) is 2. The first kappa shape index (κ1) is 16.1. The highest BCUT2D eigenvalue weighted by Crippen LogP contribution is 2.25. The smallest absolute Gasteiger partial charge is 0.253 e. The first-order valence-electron chi connectivity index (χ1n) is 7.82. The molecule has 4 nitrogen and oxygen atoms in total. The normalized spacial score (nSPS) is 18.7. The highest BCUT2D eigenvalue weighted by atomic mass is 19.3. The minimum atomic E-state index is -2.31. The van der Waals surface area contributed by atoms with Gasteiger partial charge in [0, 0.05) is 12.1 Å². The molecular formula is C16H20F3N3O. The van der Waals surface area contributed by atoms with E-state index < -0.39 is 12.5 Å². The van der Waals surface area contributed by atoms with Crippen LogP contribution in [-0.2, 0) is 0 Å². The summed E-state index contributed by atoms with van der Waals surface area (Å²) in [6.07, 6.45) is 0.748. The van der Waals surface area contributed by atoms with Crippen LogP contribution in [0.3, 0.4) is 0 Å². The van der Waals surface area contributed by atoms with Crippen LogP contribution in [0.15, 0.2) is 18.3 Å². The van der Waals surface area contributed by atoms with Crippen LogP contribution in [0.5, 0.6) is 5.75 Å². The molecule has 2 aromatic rings. The van der Waals surface area contributed by atoms with E-state index in [0.29, 0.717) is 42.3 Å². The molecule has 0 spiro atoms. The molecule has 1 N–H and O–H groups in total. The number of hydrogen-bond acceptors (Lipinski definition) is 3. The molecule has 7 heteroatoms. The van der Waals surface area contributed by atoms with Crippen molar-refractivity contribution in [3.63, 3.8) is 0 Å². The Hall–Kier alpha value is -1.76. The van der Waals surface area contributed by atoms with Gasteiger partial charge in [-0.1, -0.05) is 0 Å². The maximum atomic E-state index is 13.8. The average molecular weight is 327 g/mol. The zero-order chi connectivity index (χ0) is 16.4. The van der Waals surface area contributed by atoms with Crippen molar-refractivity contribution in [2.45, 2.75) is 32.2 Å². The summed E-state index contributed by atoms with van der Waals surface area (Å²) in [4.78, 5) is 1.82. The van der Waals surface area contributed by atoms with E-state index in [1.165, 1.54) is 12.3 Å². The molecule has 1 aliphatic rings.